The zero-order chi connectivity index (χ0) is 19.1. The van der Waals surface area contributed by atoms with Gasteiger partial charge in [-0.15, -0.1) is 0 Å². The molecule has 0 spiro atoms. The molecule has 2 amide bonds. The number of nitrogens with one attached hydrogen (secondary N) is 2. The lowest BCUT2D eigenvalue weighted by Gasteiger charge is -2.19. The number of nitrogens with zero attached hydrogens (tertiary/aromatic N) is 2. The second kappa shape index (κ2) is 9.03. The van der Waals surface area contributed by atoms with E-state index in [0.717, 1.165) is 11.3 Å². The van der Waals surface area contributed by atoms with Crippen LogP contribution in [0.1, 0.15) is 43.9 Å². The van der Waals surface area contributed by atoms with Crippen LogP contribution in [0, 0.1) is 0 Å². The number of carbonyl (C=O) groups is 2. The molecule has 0 aliphatic rings. The fraction of sp³-hybridized carbons (Fsp3) is 0.421. The maximum absolute atomic E-state index is 12.4. The first-order valence-electron chi connectivity index (χ1n) is 8.72. The van der Waals surface area contributed by atoms with Gasteiger partial charge in [0.25, 0.3) is 0 Å². The number of aromatic nitrogens is 2. The van der Waals surface area contributed by atoms with E-state index in [1.54, 1.807) is 17.9 Å². The molecule has 0 aliphatic heterocycles. The van der Waals surface area contributed by atoms with Gasteiger partial charge >= 0.3 is 12.0 Å². The molecule has 0 saturated carbocycles. The molecule has 7 heteroatoms. The molecule has 0 bridgehead atoms. The number of aliphatic carboxylic acids is 1. The zero-order valence-corrected chi connectivity index (χ0v) is 15.4. The smallest absolute Gasteiger partial charge is 0.319 e. The number of carboxylic acid groups (broad SMARTS) is 1. The molecule has 2 aromatic rings. The van der Waals surface area contributed by atoms with E-state index in [-0.39, 0.29) is 24.4 Å². The summed E-state index contributed by atoms with van der Waals surface area (Å²) in [6.07, 6.45) is 2.70. The van der Waals surface area contributed by atoms with E-state index in [9.17, 15) is 9.59 Å². The first kappa shape index (κ1) is 19.5. The van der Waals surface area contributed by atoms with Gasteiger partial charge in [-0.3, -0.25) is 9.48 Å². The van der Waals surface area contributed by atoms with Crippen molar-refractivity contribution < 1.29 is 14.7 Å². The predicted molar refractivity (Wildman–Crippen MR) is 100 cm³/mol. The fourth-order valence-electron chi connectivity index (χ4n) is 2.79. The lowest BCUT2D eigenvalue weighted by molar-refractivity contribution is -0.137. The van der Waals surface area contributed by atoms with Crippen LogP contribution < -0.4 is 10.6 Å². The van der Waals surface area contributed by atoms with Crippen molar-refractivity contribution in [2.75, 3.05) is 5.32 Å². The number of carbonyl (C=O) groups excluding carboxylic acids is 1. The molecule has 7 nitrogen and oxygen atoms in total. The van der Waals surface area contributed by atoms with Gasteiger partial charge in [0.2, 0.25) is 0 Å². The number of hydrogen-bond donors (Lipinski definition) is 3. The van der Waals surface area contributed by atoms with Gasteiger partial charge in [-0.25, -0.2) is 4.79 Å². The molecule has 26 heavy (non-hydrogen) atoms. The standard InChI is InChI=1S/C19H26N4O3/c1-13(2)18-16(12-23(3)22-18)21-19(26)20-15(9-10-17(24)25)11-14-7-5-4-6-8-14/h4-8,12-13,15H,9-11H2,1-3H3,(H,24,25)(H2,20,21,26). The van der Waals surface area contributed by atoms with Crippen molar-refractivity contribution in [3.63, 3.8) is 0 Å². The highest BCUT2D eigenvalue weighted by molar-refractivity contribution is 5.90. The summed E-state index contributed by atoms with van der Waals surface area (Å²) in [5, 5.41) is 19.1. The summed E-state index contributed by atoms with van der Waals surface area (Å²) in [6, 6.07) is 9.07. The van der Waals surface area contributed by atoms with E-state index in [0.29, 0.717) is 18.5 Å². The average molecular weight is 358 g/mol. The third kappa shape index (κ3) is 5.91. The first-order valence-corrected chi connectivity index (χ1v) is 8.72. The van der Waals surface area contributed by atoms with Crippen molar-refractivity contribution in [3.05, 3.63) is 47.8 Å². The number of anilines is 1. The van der Waals surface area contributed by atoms with Gasteiger partial charge in [-0.05, 0) is 24.3 Å². The van der Waals surface area contributed by atoms with Crippen molar-refractivity contribution in [2.24, 2.45) is 7.05 Å². The summed E-state index contributed by atoms with van der Waals surface area (Å²) in [5.74, 6) is -0.696. The molecule has 1 aromatic carbocycles. The Kier molecular flexibility index (Phi) is 6.77. The number of urea groups is 1. The molecule has 1 heterocycles. The van der Waals surface area contributed by atoms with Crippen molar-refractivity contribution in [2.45, 2.75) is 45.1 Å². The Bertz CT molecular complexity index is 740. The molecule has 140 valence electrons. The fourth-order valence-corrected chi connectivity index (χ4v) is 2.79. The van der Waals surface area contributed by atoms with Crippen LogP contribution in [0.25, 0.3) is 0 Å². The molecule has 0 radical (unpaired) electrons. The Balaban J connectivity index is 2.04. The van der Waals surface area contributed by atoms with E-state index in [2.05, 4.69) is 15.7 Å². The number of hydrogen-bond acceptors (Lipinski definition) is 3. The van der Waals surface area contributed by atoms with Crippen LogP contribution in [-0.4, -0.2) is 32.9 Å². The minimum Gasteiger partial charge on any atom is -0.481 e. The first-order chi connectivity index (χ1) is 12.3. The van der Waals surface area contributed by atoms with E-state index in [4.69, 9.17) is 5.11 Å². The number of rotatable bonds is 8. The maximum Gasteiger partial charge on any atom is 0.319 e. The largest absolute Gasteiger partial charge is 0.481 e. The van der Waals surface area contributed by atoms with Crippen LogP contribution in [-0.2, 0) is 18.3 Å². The normalized spacial score (nSPS) is 12.0. The molecule has 0 aliphatic carbocycles. The van der Waals surface area contributed by atoms with Crippen molar-refractivity contribution in [1.82, 2.24) is 15.1 Å². The molecular weight excluding hydrogens is 332 g/mol. The van der Waals surface area contributed by atoms with Crippen molar-refractivity contribution in [3.8, 4) is 0 Å². The minimum absolute atomic E-state index is 0.00190. The summed E-state index contributed by atoms with van der Waals surface area (Å²) in [4.78, 5) is 23.4. The van der Waals surface area contributed by atoms with E-state index in [1.807, 2.05) is 44.2 Å². The highest BCUT2D eigenvalue weighted by Gasteiger charge is 2.18. The topological polar surface area (TPSA) is 96.3 Å². The van der Waals surface area contributed by atoms with Crippen LogP contribution in [0.5, 0.6) is 0 Å². The van der Waals surface area contributed by atoms with Gasteiger partial charge in [0.15, 0.2) is 0 Å². The van der Waals surface area contributed by atoms with E-state index in [1.165, 1.54) is 0 Å². The van der Waals surface area contributed by atoms with Gasteiger partial charge in [-0.2, -0.15) is 5.10 Å². The summed E-state index contributed by atoms with van der Waals surface area (Å²) in [5.41, 5.74) is 2.52. The number of carboxylic acids is 1. The Morgan fingerprint density at radius 3 is 2.54 bits per heavy atom. The lowest BCUT2D eigenvalue weighted by Crippen LogP contribution is -2.39. The molecule has 0 fully saturated rings. The van der Waals surface area contributed by atoms with E-state index < -0.39 is 5.97 Å². The Morgan fingerprint density at radius 1 is 1.23 bits per heavy atom. The summed E-state index contributed by atoms with van der Waals surface area (Å²) < 4.78 is 1.66. The Hall–Kier alpha value is -2.83. The van der Waals surface area contributed by atoms with Crippen molar-refractivity contribution in [1.29, 1.82) is 0 Å². The van der Waals surface area contributed by atoms with Gasteiger partial charge in [0, 0.05) is 25.7 Å². The molecule has 3 N–H and O–H groups in total. The average Bonchev–Trinajstić information content (AvgIpc) is 2.94. The van der Waals surface area contributed by atoms with Crippen molar-refractivity contribution >= 4 is 17.7 Å². The third-order valence-electron chi connectivity index (χ3n) is 4.02. The van der Waals surface area contributed by atoms with Gasteiger partial charge in [0.1, 0.15) is 0 Å². The second-order valence-corrected chi connectivity index (χ2v) is 6.67. The zero-order valence-electron chi connectivity index (χ0n) is 15.4. The van der Waals surface area contributed by atoms with Crippen LogP contribution >= 0.6 is 0 Å². The van der Waals surface area contributed by atoms with Gasteiger partial charge < -0.3 is 15.7 Å². The van der Waals surface area contributed by atoms with Crippen LogP contribution in [0.15, 0.2) is 36.5 Å². The molecular formula is C19H26N4O3. The Morgan fingerprint density at radius 2 is 1.92 bits per heavy atom. The lowest BCUT2D eigenvalue weighted by atomic mass is 10.0. The molecule has 1 unspecified atom stereocenters. The minimum atomic E-state index is -0.875. The van der Waals surface area contributed by atoms with Gasteiger partial charge in [0.05, 0.1) is 11.4 Å². The highest BCUT2D eigenvalue weighted by atomic mass is 16.4. The third-order valence-corrected chi connectivity index (χ3v) is 4.02. The van der Waals surface area contributed by atoms with Crippen LogP contribution in [0.2, 0.25) is 0 Å². The second-order valence-electron chi connectivity index (χ2n) is 6.67. The molecule has 0 saturated heterocycles. The number of benzene rings is 1. The number of amides is 2. The number of aryl methyl sites for hydroxylation is 1. The molecule has 1 atom stereocenters. The molecule has 2 rings (SSSR count). The summed E-state index contributed by atoms with van der Waals surface area (Å²) in [7, 11) is 1.81. The highest BCUT2D eigenvalue weighted by Crippen LogP contribution is 2.22. The quantitative estimate of drug-likeness (QED) is 0.675. The van der Waals surface area contributed by atoms with Crippen LogP contribution in [0.4, 0.5) is 10.5 Å². The van der Waals surface area contributed by atoms with Crippen LogP contribution in [0.3, 0.4) is 0 Å². The van der Waals surface area contributed by atoms with E-state index >= 15 is 0 Å². The monoisotopic (exact) mass is 358 g/mol. The summed E-state index contributed by atoms with van der Waals surface area (Å²) >= 11 is 0. The SMILES string of the molecule is CC(C)c1nn(C)cc1NC(=O)NC(CCC(=O)O)Cc1ccccc1. The van der Waals surface area contributed by atoms with Gasteiger partial charge in [-0.1, -0.05) is 44.2 Å². The molecule has 1 aromatic heterocycles. The maximum atomic E-state index is 12.4. The summed E-state index contributed by atoms with van der Waals surface area (Å²) in [6.45, 7) is 4.02. The Labute approximate surface area is 153 Å². The predicted octanol–water partition coefficient (Wildman–Crippen LogP) is 3.14.